The zero-order valence-corrected chi connectivity index (χ0v) is 11.4. The number of nitrogens with one attached hydrogen (secondary N) is 1. The molecule has 4 nitrogen and oxygen atoms in total. The predicted octanol–water partition coefficient (Wildman–Crippen LogP) is 2.69. The molecule has 1 aliphatic rings. The van der Waals surface area contributed by atoms with Gasteiger partial charge in [0.1, 0.15) is 16.2 Å². The lowest BCUT2D eigenvalue weighted by Gasteiger charge is -2.07. The summed E-state index contributed by atoms with van der Waals surface area (Å²) in [6.45, 7) is 1.18. The van der Waals surface area contributed by atoms with Crippen molar-refractivity contribution in [3.63, 3.8) is 0 Å². The fraction of sp³-hybridized carbons (Fsp3) is 0.667. The number of aromatic nitrogens is 2. The molecule has 0 amide bonds. The number of hydrogen-bond acceptors (Lipinski definition) is 4. The van der Waals surface area contributed by atoms with Gasteiger partial charge in [0.15, 0.2) is 0 Å². The highest BCUT2D eigenvalue weighted by atomic mass is 79.9. The van der Waals surface area contributed by atoms with Gasteiger partial charge in [-0.05, 0) is 48.0 Å². The second-order valence-electron chi connectivity index (χ2n) is 4.42. The van der Waals surface area contributed by atoms with E-state index < -0.39 is 0 Å². The van der Waals surface area contributed by atoms with Crippen molar-refractivity contribution in [2.75, 3.05) is 18.5 Å². The quantitative estimate of drug-likeness (QED) is 0.600. The molecule has 1 heterocycles. The summed E-state index contributed by atoms with van der Waals surface area (Å²) in [7, 11) is 0. The van der Waals surface area contributed by atoms with Gasteiger partial charge < -0.3 is 10.4 Å². The van der Waals surface area contributed by atoms with Crippen LogP contribution in [0.15, 0.2) is 10.7 Å². The molecule has 0 spiro atoms. The third-order valence-electron chi connectivity index (χ3n) is 2.80. The van der Waals surface area contributed by atoms with Gasteiger partial charge in [0, 0.05) is 25.1 Å². The average Bonchev–Trinajstić information content (AvgIpc) is 3.12. The molecule has 0 unspecified atom stereocenters. The number of aliphatic hydroxyl groups is 1. The lowest BCUT2D eigenvalue weighted by Crippen LogP contribution is -2.06. The van der Waals surface area contributed by atoms with Gasteiger partial charge in [-0.3, -0.25) is 0 Å². The summed E-state index contributed by atoms with van der Waals surface area (Å²) in [5.41, 5.74) is 0. The zero-order chi connectivity index (χ0) is 12.1. The molecule has 2 N–H and O–H groups in total. The van der Waals surface area contributed by atoms with Crippen LogP contribution in [0.25, 0.3) is 0 Å². The van der Waals surface area contributed by atoms with Crippen LogP contribution in [0.2, 0.25) is 0 Å². The summed E-state index contributed by atoms with van der Waals surface area (Å²) in [5, 5.41) is 12.0. The van der Waals surface area contributed by atoms with Gasteiger partial charge in [0.2, 0.25) is 0 Å². The molecule has 94 valence electrons. The van der Waals surface area contributed by atoms with E-state index in [0.29, 0.717) is 5.92 Å². The van der Waals surface area contributed by atoms with Crippen molar-refractivity contribution in [3.05, 3.63) is 16.5 Å². The maximum Gasteiger partial charge on any atom is 0.135 e. The third-order valence-corrected chi connectivity index (χ3v) is 3.20. The molecule has 1 saturated carbocycles. The molecule has 0 radical (unpaired) electrons. The molecule has 17 heavy (non-hydrogen) atoms. The maximum atomic E-state index is 8.68. The minimum Gasteiger partial charge on any atom is -0.396 e. The Morgan fingerprint density at radius 3 is 2.82 bits per heavy atom. The van der Waals surface area contributed by atoms with E-state index in [1.165, 1.54) is 12.8 Å². The molecule has 0 aromatic carbocycles. The summed E-state index contributed by atoms with van der Waals surface area (Å²) in [4.78, 5) is 8.90. The molecule has 1 fully saturated rings. The van der Waals surface area contributed by atoms with Crippen LogP contribution in [-0.4, -0.2) is 28.2 Å². The topological polar surface area (TPSA) is 58.0 Å². The van der Waals surface area contributed by atoms with Crippen LogP contribution in [0.5, 0.6) is 0 Å². The van der Waals surface area contributed by atoms with Crippen LogP contribution in [0, 0.1) is 0 Å². The van der Waals surface area contributed by atoms with E-state index in [1.807, 2.05) is 6.07 Å². The highest BCUT2D eigenvalue weighted by molar-refractivity contribution is 9.10. The van der Waals surface area contributed by atoms with Crippen molar-refractivity contribution in [3.8, 4) is 0 Å². The van der Waals surface area contributed by atoms with Crippen molar-refractivity contribution in [1.29, 1.82) is 0 Å². The number of hydrogen-bond donors (Lipinski definition) is 2. The third kappa shape index (κ3) is 4.24. The summed E-state index contributed by atoms with van der Waals surface area (Å²) in [6.07, 6.45) is 5.41. The first-order valence-electron chi connectivity index (χ1n) is 6.19. The second kappa shape index (κ2) is 6.31. The lowest BCUT2D eigenvalue weighted by molar-refractivity contribution is 0.283. The lowest BCUT2D eigenvalue weighted by atomic mass is 10.2. The second-order valence-corrected chi connectivity index (χ2v) is 5.23. The summed E-state index contributed by atoms with van der Waals surface area (Å²) in [5.74, 6) is 2.43. The molecule has 2 rings (SSSR count). The predicted molar refractivity (Wildman–Crippen MR) is 71.1 cm³/mol. The van der Waals surface area contributed by atoms with Crippen molar-refractivity contribution in [2.24, 2.45) is 0 Å². The molecule has 1 aliphatic carbocycles. The number of aliphatic hydroxyl groups excluding tert-OH is 1. The standard InChI is InChI=1S/C12H18BrN3O/c13-10-8-11(14-6-2-1-3-7-17)16-12(15-10)9-4-5-9/h8-9,17H,1-7H2,(H,14,15,16). The van der Waals surface area contributed by atoms with E-state index >= 15 is 0 Å². The van der Waals surface area contributed by atoms with Crippen LogP contribution in [0.3, 0.4) is 0 Å². The van der Waals surface area contributed by atoms with E-state index in [-0.39, 0.29) is 6.61 Å². The van der Waals surface area contributed by atoms with Crippen molar-refractivity contribution < 1.29 is 5.11 Å². The Morgan fingerprint density at radius 2 is 2.12 bits per heavy atom. The molecular formula is C12H18BrN3O. The first-order chi connectivity index (χ1) is 8.29. The van der Waals surface area contributed by atoms with E-state index in [2.05, 4.69) is 31.2 Å². The molecule has 1 aromatic rings. The fourth-order valence-electron chi connectivity index (χ4n) is 1.68. The van der Waals surface area contributed by atoms with E-state index in [0.717, 1.165) is 42.1 Å². The van der Waals surface area contributed by atoms with Crippen LogP contribution < -0.4 is 5.32 Å². The van der Waals surface area contributed by atoms with Gasteiger partial charge in [-0.2, -0.15) is 0 Å². The smallest absolute Gasteiger partial charge is 0.135 e. The Kier molecular flexibility index (Phi) is 4.74. The van der Waals surface area contributed by atoms with Gasteiger partial charge in [-0.25, -0.2) is 9.97 Å². The summed E-state index contributed by atoms with van der Waals surface area (Å²) >= 11 is 3.42. The van der Waals surface area contributed by atoms with Crippen LogP contribution in [-0.2, 0) is 0 Å². The largest absolute Gasteiger partial charge is 0.396 e. The Balaban J connectivity index is 1.82. The van der Waals surface area contributed by atoms with Crippen molar-refractivity contribution >= 4 is 21.7 Å². The number of halogens is 1. The Labute approximate surface area is 110 Å². The fourth-order valence-corrected chi connectivity index (χ4v) is 2.08. The highest BCUT2D eigenvalue weighted by Gasteiger charge is 2.27. The van der Waals surface area contributed by atoms with Gasteiger partial charge in [0.05, 0.1) is 0 Å². The maximum absolute atomic E-state index is 8.68. The SMILES string of the molecule is OCCCCCNc1cc(Br)nc(C2CC2)n1. The Morgan fingerprint density at radius 1 is 1.29 bits per heavy atom. The molecule has 0 bridgehead atoms. The van der Waals surface area contributed by atoms with E-state index in [1.54, 1.807) is 0 Å². The summed E-state index contributed by atoms with van der Waals surface area (Å²) in [6, 6.07) is 1.91. The molecule has 5 heteroatoms. The number of anilines is 1. The van der Waals surface area contributed by atoms with Crippen molar-refractivity contribution in [1.82, 2.24) is 9.97 Å². The van der Waals surface area contributed by atoms with Gasteiger partial charge in [-0.1, -0.05) is 0 Å². The normalized spacial score (nSPS) is 14.9. The first-order valence-corrected chi connectivity index (χ1v) is 6.98. The van der Waals surface area contributed by atoms with Crippen LogP contribution >= 0.6 is 15.9 Å². The Hall–Kier alpha value is -0.680. The van der Waals surface area contributed by atoms with Gasteiger partial charge in [0.25, 0.3) is 0 Å². The van der Waals surface area contributed by atoms with Gasteiger partial charge in [-0.15, -0.1) is 0 Å². The monoisotopic (exact) mass is 299 g/mol. The molecule has 0 saturated heterocycles. The number of nitrogens with zero attached hydrogens (tertiary/aromatic N) is 2. The minimum absolute atomic E-state index is 0.283. The zero-order valence-electron chi connectivity index (χ0n) is 9.82. The number of rotatable bonds is 7. The first kappa shape index (κ1) is 12.8. The van der Waals surface area contributed by atoms with Crippen molar-refractivity contribution in [2.45, 2.75) is 38.0 Å². The molecule has 0 atom stereocenters. The Bertz CT molecular complexity index is 369. The molecule has 0 aliphatic heterocycles. The van der Waals surface area contributed by atoms with E-state index in [4.69, 9.17) is 5.11 Å². The highest BCUT2D eigenvalue weighted by Crippen LogP contribution is 2.38. The molecule has 1 aromatic heterocycles. The average molecular weight is 300 g/mol. The molecular weight excluding hydrogens is 282 g/mol. The van der Waals surface area contributed by atoms with Crippen LogP contribution in [0.1, 0.15) is 43.8 Å². The number of unbranched alkanes of at least 4 members (excludes halogenated alkanes) is 2. The van der Waals surface area contributed by atoms with Crippen LogP contribution in [0.4, 0.5) is 5.82 Å². The van der Waals surface area contributed by atoms with E-state index in [9.17, 15) is 0 Å². The summed E-state index contributed by atoms with van der Waals surface area (Å²) < 4.78 is 0.854. The van der Waals surface area contributed by atoms with Gasteiger partial charge >= 0.3 is 0 Å². The minimum atomic E-state index is 0.283.